The summed E-state index contributed by atoms with van der Waals surface area (Å²) in [5.74, 6) is 0.629. The number of nitrogens with one attached hydrogen (secondary N) is 1. The lowest BCUT2D eigenvalue weighted by atomic mass is 10.2. The fourth-order valence-electron chi connectivity index (χ4n) is 1.78. The molecular formula is C14H18FN3O2. The van der Waals surface area contributed by atoms with Gasteiger partial charge >= 0.3 is 0 Å². The first-order chi connectivity index (χ1) is 9.70. The Bertz CT molecular complexity index is 557. The molecule has 0 saturated carbocycles. The predicted molar refractivity (Wildman–Crippen MR) is 71.8 cm³/mol. The number of aromatic nitrogens is 2. The highest BCUT2D eigenvalue weighted by molar-refractivity contribution is 5.34. The molecule has 0 unspecified atom stereocenters. The number of rotatable bonds is 7. The van der Waals surface area contributed by atoms with Gasteiger partial charge in [-0.15, -0.1) is 10.2 Å². The molecule has 0 aliphatic carbocycles. The highest BCUT2D eigenvalue weighted by Gasteiger charge is 2.11. The van der Waals surface area contributed by atoms with Crippen molar-refractivity contribution in [1.82, 2.24) is 15.5 Å². The molecule has 0 bridgehead atoms. The van der Waals surface area contributed by atoms with Gasteiger partial charge < -0.3 is 14.5 Å². The Labute approximate surface area is 117 Å². The third-order valence-corrected chi connectivity index (χ3v) is 2.70. The van der Waals surface area contributed by atoms with E-state index >= 15 is 0 Å². The molecule has 2 aromatic rings. The molecule has 0 amide bonds. The molecule has 0 spiro atoms. The van der Waals surface area contributed by atoms with Crippen molar-refractivity contribution in [3.63, 3.8) is 0 Å². The van der Waals surface area contributed by atoms with Crippen molar-refractivity contribution < 1.29 is 13.5 Å². The van der Waals surface area contributed by atoms with Gasteiger partial charge in [0.25, 0.3) is 5.89 Å². The van der Waals surface area contributed by atoms with E-state index in [1.165, 1.54) is 6.07 Å². The Morgan fingerprint density at radius 2 is 2.20 bits per heavy atom. The smallest absolute Gasteiger partial charge is 0.253 e. The highest BCUT2D eigenvalue weighted by Crippen LogP contribution is 2.23. The van der Waals surface area contributed by atoms with Crippen LogP contribution in [0.15, 0.2) is 22.6 Å². The second-order valence-corrected chi connectivity index (χ2v) is 4.41. The molecule has 0 fully saturated rings. The molecule has 0 aliphatic rings. The summed E-state index contributed by atoms with van der Waals surface area (Å²) in [6.07, 6.45) is 1.02. The molecule has 6 heteroatoms. The average Bonchev–Trinajstić information content (AvgIpc) is 2.84. The molecule has 108 valence electrons. The molecule has 1 heterocycles. The number of hydrogen-bond donors (Lipinski definition) is 1. The van der Waals surface area contributed by atoms with E-state index in [1.807, 2.05) is 6.07 Å². The molecule has 1 aromatic heterocycles. The normalized spacial score (nSPS) is 10.8. The standard InChI is InChI=1S/C14H18FN3O2/c1-3-7-16-8-11-5-4-6-12(15)14(11)19-9-13-18-17-10(2)20-13/h4-6,16H,3,7-9H2,1-2H3. The zero-order valence-corrected chi connectivity index (χ0v) is 11.6. The maximum Gasteiger partial charge on any atom is 0.253 e. The van der Waals surface area contributed by atoms with Crippen molar-refractivity contribution in [2.24, 2.45) is 0 Å². The van der Waals surface area contributed by atoms with Gasteiger partial charge in [0, 0.05) is 19.0 Å². The van der Waals surface area contributed by atoms with Crippen LogP contribution in [0.5, 0.6) is 5.75 Å². The molecular weight excluding hydrogens is 261 g/mol. The van der Waals surface area contributed by atoms with Crippen LogP contribution in [-0.2, 0) is 13.2 Å². The summed E-state index contributed by atoms with van der Waals surface area (Å²) in [6, 6.07) is 4.87. The quantitative estimate of drug-likeness (QED) is 0.789. The van der Waals surface area contributed by atoms with E-state index < -0.39 is 5.82 Å². The first kappa shape index (κ1) is 14.5. The number of nitrogens with zero attached hydrogens (tertiary/aromatic N) is 2. The van der Waals surface area contributed by atoms with Crippen LogP contribution >= 0.6 is 0 Å². The van der Waals surface area contributed by atoms with Crippen molar-refractivity contribution in [3.05, 3.63) is 41.4 Å². The topological polar surface area (TPSA) is 60.2 Å². The number of hydrogen-bond acceptors (Lipinski definition) is 5. The maximum atomic E-state index is 13.8. The molecule has 20 heavy (non-hydrogen) atoms. The van der Waals surface area contributed by atoms with Gasteiger partial charge in [0.15, 0.2) is 18.2 Å². The van der Waals surface area contributed by atoms with Crippen molar-refractivity contribution in [1.29, 1.82) is 0 Å². The summed E-state index contributed by atoms with van der Waals surface area (Å²) in [6.45, 7) is 5.26. The van der Waals surface area contributed by atoms with Crippen LogP contribution in [0.25, 0.3) is 0 Å². The van der Waals surface area contributed by atoms with Gasteiger partial charge in [-0.05, 0) is 19.0 Å². The van der Waals surface area contributed by atoms with Gasteiger partial charge in [-0.2, -0.15) is 0 Å². The van der Waals surface area contributed by atoms with Gasteiger partial charge in [-0.1, -0.05) is 19.1 Å². The fourth-order valence-corrected chi connectivity index (χ4v) is 1.78. The van der Waals surface area contributed by atoms with Crippen molar-refractivity contribution >= 4 is 0 Å². The van der Waals surface area contributed by atoms with Crippen molar-refractivity contribution in [2.75, 3.05) is 6.54 Å². The molecule has 1 aromatic carbocycles. The van der Waals surface area contributed by atoms with Crippen LogP contribution in [0, 0.1) is 12.7 Å². The van der Waals surface area contributed by atoms with E-state index in [-0.39, 0.29) is 12.4 Å². The second-order valence-electron chi connectivity index (χ2n) is 4.41. The molecule has 2 rings (SSSR count). The molecule has 0 aliphatic heterocycles. The van der Waals surface area contributed by atoms with Crippen LogP contribution in [0.2, 0.25) is 0 Å². The van der Waals surface area contributed by atoms with Crippen molar-refractivity contribution in [3.8, 4) is 5.75 Å². The third kappa shape index (κ3) is 3.77. The fraction of sp³-hybridized carbons (Fsp3) is 0.429. The van der Waals surface area contributed by atoms with Crippen molar-refractivity contribution in [2.45, 2.75) is 33.4 Å². The number of benzene rings is 1. The van der Waals surface area contributed by atoms with Gasteiger partial charge in [-0.25, -0.2) is 4.39 Å². The largest absolute Gasteiger partial charge is 0.480 e. The maximum absolute atomic E-state index is 13.8. The summed E-state index contributed by atoms with van der Waals surface area (Å²) in [5.41, 5.74) is 0.773. The van der Waals surface area contributed by atoms with E-state index in [2.05, 4.69) is 22.4 Å². The van der Waals surface area contributed by atoms with Crippen LogP contribution in [-0.4, -0.2) is 16.7 Å². The summed E-state index contributed by atoms with van der Waals surface area (Å²) < 4.78 is 24.5. The Morgan fingerprint density at radius 1 is 1.35 bits per heavy atom. The summed E-state index contributed by atoms with van der Waals surface area (Å²) >= 11 is 0. The van der Waals surface area contributed by atoms with Crippen LogP contribution < -0.4 is 10.1 Å². The van der Waals surface area contributed by atoms with E-state index in [0.717, 1.165) is 18.5 Å². The van der Waals surface area contributed by atoms with E-state index in [0.29, 0.717) is 18.3 Å². The number of halogens is 1. The monoisotopic (exact) mass is 279 g/mol. The minimum Gasteiger partial charge on any atom is -0.480 e. The Kier molecular flexibility index (Phi) is 5.06. The summed E-state index contributed by atoms with van der Waals surface area (Å²) in [4.78, 5) is 0. The zero-order chi connectivity index (χ0) is 14.4. The minimum absolute atomic E-state index is 0.0581. The van der Waals surface area contributed by atoms with Crippen LogP contribution in [0.4, 0.5) is 4.39 Å². The Hall–Kier alpha value is -1.95. The number of ether oxygens (including phenoxy) is 1. The lowest BCUT2D eigenvalue weighted by molar-refractivity contribution is 0.247. The van der Waals surface area contributed by atoms with Gasteiger partial charge in [0.05, 0.1) is 0 Å². The van der Waals surface area contributed by atoms with E-state index in [9.17, 15) is 4.39 Å². The zero-order valence-electron chi connectivity index (χ0n) is 11.6. The van der Waals surface area contributed by atoms with E-state index in [1.54, 1.807) is 13.0 Å². The SMILES string of the molecule is CCCNCc1cccc(F)c1OCc1nnc(C)o1. The molecule has 0 radical (unpaired) electrons. The number of aryl methyl sites for hydroxylation is 1. The Morgan fingerprint density at radius 3 is 2.90 bits per heavy atom. The second kappa shape index (κ2) is 7.00. The van der Waals surface area contributed by atoms with Crippen LogP contribution in [0.1, 0.15) is 30.7 Å². The summed E-state index contributed by atoms with van der Waals surface area (Å²) in [7, 11) is 0. The lowest BCUT2D eigenvalue weighted by Crippen LogP contribution is -2.15. The Balaban J connectivity index is 2.04. The first-order valence-electron chi connectivity index (χ1n) is 6.60. The van der Waals surface area contributed by atoms with Crippen LogP contribution in [0.3, 0.4) is 0 Å². The highest BCUT2D eigenvalue weighted by atomic mass is 19.1. The predicted octanol–water partition coefficient (Wildman–Crippen LogP) is 2.60. The minimum atomic E-state index is -0.392. The van der Waals surface area contributed by atoms with Gasteiger partial charge in [0.2, 0.25) is 5.89 Å². The van der Waals surface area contributed by atoms with E-state index in [4.69, 9.17) is 9.15 Å². The molecule has 0 atom stereocenters. The van der Waals surface area contributed by atoms with Gasteiger partial charge in [0.1, 0.15) is 0 Å². The molecule has 5 nitrogen and oxygen atoms in total. The molecule has 0 saturated heterocycles. The summed E-state index contributed by atoms with van der Waals surface area (Å²) in [5, 5.41) is 10.7. The number of para-hydroxylation sites is 1. The average molecular weight is 279 g/mol. The first-order valence-corrected chi connectivity index (χ1v) is 6.60. The third-order valence-electron chi connectivity index (χ3n) is 2.70. The lowest BCUT2D eigenvalue weighted by Gasteiger charge is -2.11. The molecule has 1 N–H and O–H groups in total. The van der Waals surface area contributed by atoms with Gasteiger partial charge in [-0.3, -0.25) is 0 Å².